The molecule has 0 N–H and O–H groups in total. The van der Waals surface area contributed by atoms with Crippen molar-refractivity contribution in [3.8, 4) is 0 Å². The summed E-state index contributed by atoms with van der Waals surface area (Å²) < 4.78 is 16.9. The quantitative estimate of drug-likeness (QED) is 0.712. The van der Waals surface area contributed by atoms with Crippen LogP contribution in [0.2, 0.25) is 0 Å². The third-order valence-corrected chi connectivity index (χ3v) is 3.94. The first-order valence-electron chi connectivity index (χ1n) is 5.13. The zero-order chi connectivity index (χ0) is 12.3. The Balaban J connectivity index is 4.68. The molecule has 0 rings (SSSR count). The SMILES string of the molecule is CCOP(=S)(OC(C)(C)C)OC(C)(C)C. The molecule has 5 heteroatoms. The van der Waals surface area contributed by atoms with Crippen molar-refractivity contribution in [3.63, 3.8) is 0 Å². The zero-order valence-corrected chi connectivity index (χ0v) is 12.5. The van der Waals surface area contributed by atoms with Crippen molar-refractivity contribution < 1.29 is 13.6 Å². The van der Waals surface area contributed by atoms with E-state index in [4.69, 9.17) is 25.4 Å². The summed E-state index contributed by atoms with van der Waals surface area (Å²) in [5.41, 5.74) is -0.702. The maximum atomic E-state index is 5.72. The minimum Gasteiger partial charge on any atom is -0.309 e. The average molecular weight is 254 g/mol. The van der Waals surface area contributed by atoms with E-state index in [1.54, 1.807) is 0 Å². The van der Waals surface area contributed by atoms with Crippen LogP contribution in [0, 0.1) is 0 Å². The van der Waals surface area contributed by atoms with Crippen molar-refractivity contribution in [2.75, 3.05) is 6.61 Å². The Kier molecular flexibility index (Phi) is 5.43. The lowest BCUT2D eigenvalue weighted by Crippen LogP contribution is -2.24. The summed E-state index contributed by atoms with van der Waals surface area (Å²) in [5.74, 6) is 0. The van der Waals surface area contributed by atoms with Crippen LogP contribution in [0.15, 0.2) is 0 Å². The van der Waals surface area contributed by atoms with Gasteiger partial charge in [-0.1, -0.05) is 0 Å². The molecule has 92 valence electrons. The molecule has 0 saturated heterocycles. The van der Waals surface area contributed by atoms with Crippen LogP contribution in [0.5, 0.6) is 0 Å². The third-order valence-electron chi connectivity index (χ3n) is 1.06. The highest BCUT2D eigenvalue weighted by atomic mass is 32.5. The van der Waals surface area contributed by atoms with Gasteiger partial charge in [0.25, 0.3) is 0 Å². The Morgan fingerprint density at radius 3 is 1.47 bits per heavy atom. The molecule has 0 saturated carbocycles. The molecule has 0 spiro atoms. The van der Waals surface area contributed by atoms with E-state index in [-0.39, 0.29) is 11.2 Å². The van der Waals surface area contributed by atoms with Crippen LogP contribution < -0.4 is 0 Å². The van der Waals surface area contributed by atoms with Crippen LogP contribution in [0.25, 0.3) is 0 Å². The lowest BCUT2D eigenvalue weighted by atomic mass is 10.2. The van der Waals surface area contributed by atoms with Gasteiger partial charge in [-0.2, -0.15) is 0 Å². The van der Waals surface area contributed by atoms with Gasteiger partial charge in [0, 0.05) is 0 Å². The molecule has 0 atom stereocenters. The summed E-state index contributed by atoms with van der Waals surface area (Å²) >= 11 is 5.34. The lowest BCUT2D eigenvalue weighted by Gasteiger charge is -2.33. The Morgan fingerprint density at radius 2 is 1.27 bits per heavy atom. The molecule has 0 fully saturated rings. The molecule has 0 radical (unpaired) electrons. The molecular formula is C10H23O3PS. The monoisotopic (exact) mass is 254 g/mol. The van der Waals surface area contributed by atoms with Crippen LogP contribution >= 0.6 is 6.72 Å². The van der Waals surface area contributed by atoms with Gasteiger partial charge in [-0.25, -0.2) is 0 Å². The van der Waals surface area contributed by atoms with E-state index in [9.17, 15) is 0 Å². The topological polar surface area (TPSA) is 27.7 Å². The highest BCUT2D eigenvalue weighted by Gasteiger charge is 2.31. The molecule has 0 heterocycles. The molecule has 0 aromatic carbocycles. The summed E-state index contributed by atoms with van der Waals surface area (Å²) in [6.45, 7) is 11.4. The molecule has 0 aliphatic carbocycles. The van der Waals surface area contributed by atoms with Gasteiger partial charge in [0.15, 0.2) is 0 Å². The smallest absolute Gasteiger partial charge is 0.309 e. The van der Waals surface area contributed by atoms with Gasteiger partial charge in [-0.15, -0.1) is 0 Å². The highest BCUT2D eigenvalue weighted by Crippen LogP contribution is 2.55. The first-order valence-corrected chi connectivity index (χ1v) is 7.69. The van der Waals surface area contributed by atoms with Gasteiger partial charge in [0.2, 0.25) is 0 Å². The van der Waals surface area contributed by atoms with E-state index in [0.29, 0.717) is 6.61 Å². The molecular weight excluding hydrogens is 231 g/mol. The summed E-state index contributed by atoms with van der Waals surface area (Å²) in [7, 11) is 0. The van der Waals surface area contributed by atoms with Crippen molar-refractivity contribution in [2.45, 2.75) is 59.7 Å². The van der Waals surface area contributed by atoms with E-state index in [2.05, 4.69) is 0 Å². The lowest BCUT2D eigenvalue weighted by molar-refractivity contribution is 0.0321. The first kappa shape index (κ1) is 15.5. The van der Waals surface area contributed by atoms with Crippen LogP contribution in [-0.2, 0) is 25.4 Å². The number of hydrogen-bond donors (Lipinski definition) is 0. The Hall–Kier alpha value is 0.530. The fourth-order valence-electron chi connectivity index (χ4n) is 0.900. The van der Waals surface area contributed by atoms with Crippen LogP contribution in [-0.4, -0.2) is 17.8 Å². The van der Waals surface area contributed by atoms with E-state index in [1.165, 1.54) is 0 Å². The van der Waals surface area contributed by atoms with E-state index in [1.807, 2.05) is 48.5 Å². The van der Waals surface area contributed by atoms with Gasteiger partial charge in [0.05, 0.1) is 17.8 Å². The Morgan fingerprint density at radius 1 is 0.933 bits per heavy atom. The zero-order valence-electron chi connectivity index (χ0n) is 10.8. The Labute approximate surface area is 98.7 Å². The summed E-state index contributed by atoms with van der Waals surface area (Å²) in [6.07, 6.45) is 0. The Bertz CT molecular complexity index is 220. The largest absolute Gasteiger partial charge is 0.328 e. The molecule has 0 aromatic rings. The van der Waals surface area contributed by atoms with Crippen LogP contribution in [0.4, 0.5) is 0 Å². The number of rotatable bonds is 4. The van der Waals surface area contributed by atoms with Gasteiger partial charge in [0.1, 0.15) is 0 Å². The van der Waals surface area contributed by atoms with Crippen molar-refractivity contribution >= 4 is 18.5 Å². The van der Waals surface area contributed by atoms with Gasteiger partial charge < -0.3 is 13.6 Å². The normalized spacial score (nSPS) is 14.3. The van der Waals surface area contributed by atoms with E-state index < -0.39 is 6.72 Å². The second-order valence-corrected chi connectivity index (χ2v) is 8.13. The maximum absolute atomic E-state index is 5.72. The molecule has 3 nitrogen and oxygen atoms in total. The van der Waals surface area contributed by atoms with Crippen LogP contribution in [0.1, 0.15) is 48.5 Å². The van der Waals surface area contributed by atoms with Gasteiger partial charge >= 0.3 is 6.72 Å². The summed E-state index contributed by atoms with van der Waals surface area (Å²) in [5, 5.41) is 0. The van der Waals surface area contributed by atoms with Crippen LogP contribution in [0.3, 0.4) is 0 Å². The fourth-order valence-corrected chi connectivity index (χ4v) is 4.36. The second-order valence-electron chi connectivity index (χ2n) is 5.27. The minimum atomic E-state index is -2.63. The predicted octanol–water partition coefficient (Wildman–Crippen LogP) is 3.88. The van der Waals surface area contributed by atoms with Gasteiger partial charge in [-0.05, 0) is 60.3 Å². The molecule has 15 heavy (non-hydrogen) atoms. The maximum Gasteiger partial charge on any atom is 0.328 e. The van der Waals surface area contributed by atoms with Crippen molar-refractivity contribution in [3.05, 3.63) is 0 Å². The highest BCUT2D eigenvalue weighted by molar-refractivity contribution is 8.07. The predicted molar refractivity (Wildman–Crippen MR) is 67.6 cm³/mol. The molecule has 0 unspecified atom stereocenters. The van der Waals surface area contributed by atoms with E-state index >= 15 is 0 Å². The molecule has 0 aliphatic rings. The molecule has 0 amide bonds. The third kappa shape index (κ3) is 8.35. The van der Waals surface area contributed by atoms with Crippen molar-refractivity contribution in [1.29, 1.82) is 0 Å². The number of hydrogen-bond acceptors (Lipinski definition) is 4. The standard InChI is InChI=1S/C10H23O3PS/c1-8-11-14(15,12-9(2,3)4)13-10(5,6)7/h8H2,1-7H3. The van der Waals surface area contributed by atoms with Gasteiger partial charge in [-0.3, -0.25) is 0 Å². The average Bonchev–Trinajstić information content (AvgIpc) is 1.74. The summed E-state index contributed by atoms with van der Waals surface area (Å²) in [6, 6.07) is 0. The van der Waals surface area contributed by atoms with Crippen molar-refractivity contribution in [1.82, 2.24) is 0 Å². The molecule has 0 aliphatic heterocycles. The second kappa shape index (κ2) is 5.24. The van der Waals surface area contributed by atoms with Crippen molar-refractivity contribution in [2.24, 2.45) is 0 Å². The summed E-state index contributed by atoms with van der Waals surface area (Å²) in [4.78, 5) is 0. The first-order chi connectivity index (χ1) is 6.47. The molecule has 0 aromatic heterocycles. The fraction of sp³-hybridized carbons (Fsp3) is 1.00. The molecule has 0 bridgehead atoms. The minimum absolute atomic E-state index is 0.351. The van der Waals surface area contributed by atoms with E-state index in [0.717, 1.165) is 0 Å².